The third kappa shape index (κ3) is 0.976. The summed E-state index contributed by atoms with van der Waals surface area (Å²) in [5.41, 5.74) is 1.38. The van der Waals surface area contributed by atoms with Crippen molar-refractivity contribution in [2.45, 2.75) is 12.8 Å². The average molecular weight is 138 g/mol. The van der Waals surface area contributed by atoms with E-state index >= 15 is 0 Å². The number of rotatable bonds is 0. The Morgan fingerprint density at radius 2 is 1.50 bits per heavy atom. The van der Waals surface area contributed by atoms with E-state index in [2.05, 4.69) is 16.6 Å². The van der Waals surface area contributed by atoms with Crippen LogP contribution in [0.3, 0.4) is 0 Å². The summed E-state index contributed by atoms with van der Waals surface area (Å²) in [6.07, 6.45) is 2.73. The van der Waals surface area contributed by atoms with E-state index in [0.29, 0.717) is 0 Å². The second kappa shape index (κ2) is 2.36. The molecule has 0 spiro atoms. The lowest BCUT2D eigenvalue weighted by Gasteiger charge is -2.31. The molecule has 0 radical (unpaired) electrons. The first kappa shape index (κ1) is 6.38. The van der Waals surface area contributed by atoms with Crippen molar-refractivity contribution in [3.05, 3.63) is 12.2 Å². The molecule has 10 heavy (non-hydrogen) atoms. The third-order valence-corrected chi connectivity index (χ3v) is 2.29. The average Bonchev–Trinajstić information content (AvgIpc) is 2.27. The Morgan fingerprint density at radius 3 is 2.00 bits per heavy atom. The van der Waals surface area contributed by atoms with Crippen LogP contribution in [0, 0.1) is 0 Å². The summed E-state index contributed by atoms with van der Waals surface area (Å²) < 4.78 is 0. The fourth-order valence-electron chi connectivity index (χ4n) is 1.80. The second-order valence-electron chi connectivity index (χ2n) is 3.23. The van der Waals surface area contributed by atoms with Gasteiger partial charge in [0.2, 0.25) is 0 Å². The van der Waals surface area contributed by atoms with Crippen LogP contribution in [-0.2, 0) is 0 Å². The monoisotopic (exact) mass is 138 g/mol. The lowest BCUT2D eigenvalue weighted by atomic mass is 10.2. The van der Waals surface area contributed by atoms with Crippen LogP contribution < -0.4 is 0 Å². The topological polar surface area (TPSA) is 6.48 Å². The van der Waals surface area contributed by atoms with Gasteiger partial charge in [-0.25, -0.2) is 10.0 Å². The van der Waals surface area contributed by atoms with Gasteiger partial charge < -0.3 is 0 Å². The van der Waals surface area contributed by atoms with Gasteiger partial charge in [0.15, 0.2) is 0 Å². The van der Waals surface area contributed by atoms with Gasteiger partial charge in [-0.2, -0.15) is 0 Å². The van der Waals surface area contributed by atoms with Gasteiger partial charge in [0.25, 0.3) is 0 Å². The van der Waals surface area contributed by atoms with E-state index in [1.807, 2.05) is 0 Å². The number of hydrazine groups is 1. The fourth-order valence-corrected chi connectivity index (χ4v) is 1.80. The first-order valence-corrected chi connectivity index (χ1v) is 4.03. The van der Waals surface area contributed by atoms with Crippen LogP contribution in [0.4, 0.5) is 0 Å². The first-order valence-electron chi connectivity index (χ1n) is 4.03. The Bertz CT molecular complexity index is 137. The van der Waals surface area contributed by atoms with Gasteiger partial charge in [-0.15, -0.1) is 0 Å². The molecule has 2 heterocycles. The van der Waals surface area contributed by atoms with Gasteiger partial charge in [-0.1, -0.05) is 6.58 Å². The van der Waals surface area contributed by atoms with Gasteiger partial charge >= 0.3 is 0 Å². The predicted molar refractivity (Wildman–Crippen MR) is 41.5 cm³/mol. The van der Waals surface area contributed by atoms with Crippen molar-refractivity contribution in [2.24, 2.45) is 0 Å². The molecule has 2 aliphatic rings. The molecule has 2 saturated heterocycles. The Labute approximate surface area is 62.1 Å². The van der Waals surface area contributed by atoms with Gasteiger partial charge in [0, 0.05) is 26.2 Å². The van der Waals surface area contributed by atoms with Crippen LogP contribution in [0.15, 0.2) is 12.2 Å². The predicted octanol–water partition coefficient (Wildman–Crippen LogP) is 0.869. The van der Waals surface area contributed by atoms with E-state index < -0.39 is 0 Å². The highest BCUT2D eigenvalue weighted by Gasteiger charge is 2.25. The van der Waals surface area contributed by atoms with Crippen molar-refractivity contribution < 1.29 is 0 Å². The molecule has 56 valence electrons. The standard InChI is InChI=1S/C8H14N2/c1-8-6-9-4-2-3-5-10(9)7-8/h1-7H2. The summed E-state index contributed by atoms with van der Waals surface area (Å²) in [5.74, 6) is 0. The van der Waals surface area contributed by atoms with Crippen LogP contribution in [0.25, 0.3) is 0 Å². The minimum Gasteiger partial charge on any atom is -0.237 e. The van der Waals surface area contributed by atoms with E-state index in [4.69, 9.17) is 0 Å². The second-order valence-corrected chi connectivity index (χ2v) is 3.23. The molecule has 0 aromatic carbocycles. The van der Waals surface area contributed by atoms with Crippen molar-refractivity contribution in [2.75, 3.05) is 26.2 Å². The van der Waals surface area contributed by atoms with Crippen LogP contribution in [0.2, 0.25) is 0 Å². The Balaban J connectivity index is 2.04. The van der Waals surface area contributed by atoms with Crippen LogP contribution in [0.5, 0.6) is 0 Å². The van der Waals surface area contributed by atoms with E-state index in [-0.39, 0.29) is 0 Å². The van der Waals surface area contributed by atoms with E-state index in [1.165, 1.54) is 31.5 Å². The van der Waals surface area contributed by atoms with Gasteiger partial charge in [-0.05, 0) is 18.4 Å². The molecule has 0 aromatic heterocycles. The van der Waals surface area contributed by atoms with Crippen LogP contribution in [-0.4, -0.2) is 36.2 Å². The molecule has 0 aromatic rings. The van der Waals surface area contributed by atoms with Gasteiger partial charge in [0.1, 0.15) is 0 Å². The molecule has 0 atom stereocenters. The maximum Gasteiger partial charge on any atom is 0.0354 e. The molecular weight excluding hydrogens is 124 g/mol. The summed E-state index contributed by atoms with van der Waals surface area (Å²) in [4.78, 5) is 0. The summed E-state index contributed by atoms with van der Waals surface area (Å²) in [6.45, 7) is 8.72. The quantitative estimate of drug-likeness (QED) is 0.458. The third-order valence-electron chi connectivity index (χ3n) is 2.29. The van der Waals surface area contributed by atoms with Crippen molar-refractivity contribution in [3.8, 4) is 0 Å². The largest absolute Gasteiger partial charge is 0.237 e. The zero-order valence-electron chi connectivity index (χ0n) is 6.34. The molecule has 0 saturated carbocycles. The van der Waals surface area contributed by atoms with Gasteiger partial charge in [-0.3, -0.25) is 0 Å². The van der Waals surface area contributed by atoms with E-state index in [0.717, 1.165) is 13.1 Å². The van der Waals surface area contributed by atoms with Crippen molar-refractivity contribution in [1.29, 1.82) is 0 Å². The molecule has 0 bridgehead atoms. The number of hydrogen-bond donors (Lipinski definition) is 0. The molecule has 2 heteroatoms. The molecule has 0 amide bonds. The summed E-state index contributed by atoms with van der Waals surface area (Å²) in [6, 6.07) is 0. The normalized spacial score (nSPS) is 29.0. The molecule has 0 unspecified atom stereocenters. The van der Waals surface area contributed by atoms with Gasteiger partial charge in [0.05, 0.1) is 0 Å². The lowest BCUT2D eigenvalue weighted by molar-refractivity contribution is -0.00111. The highest BCUT2D eigenvalue weighted by atomic mass is 15.6. The lowest BCUT2D eigenvalue weighted by Crippen LogP contribution is -2.41. The molecule has 0 aliphatic carbocycles. The van der Waals surface area contributed by atoms with E-state index in [9.17, 15) is 0 Å². The highest BCUT2D eigenvalue weighted by Crippen LogP contribution is 2.19. The molecule has 2 fully saturated rings. The summed E-state index contributed by atoms with van der Waals surface area (Å²) >= 11 is 0. The zero-order valence-corrected chi connectivity index (χ0v) is 6.34. The highest BCUT2D eigenvalue weighted by molar-refractivity contribution is 5.05. The fraction of sp³-hybridized carbons (Fsp3) is 0.750. The maximum atomic E-state index is 4.00. The number of hydrogen-bond acceptors (Lipinski definition) is 2. The molecule has 2 aliphatic heterocycles. The molecule has 2 nitrogen and oxygen atoms in total. The van der Waals surface area contributed by atoms with Crippen LogP contribution in [0.1, 0.15) is 12.8 Å². The minimum absolute atomic E-state index is 1.11. The Kier molecular flexibility index (Phi) is 1.51. The van der Waals surface area contributed by atoms with E-state index in [1.54, 1.807) is 0 Å². The Morgan fingerprint density at radius 1 is 1.00 bits per heavy atom. The summed E-state index contributed by atoms with van der Waals surface area (Å²) in [7, 11) is 0. The minimum atomic E-state index is 1.11. The number of nitrogens with zero attached hydrogens (tertiary/aromatic N) is 2. The maximum absolute atomic E-state index is 4.00. The zero-order chi connectivity index (χ0) is 6.97. The van der Waals surface area contributed by atoms with Crippen molar-refractivity contribution in [3.63, 3.8) is 0 Å². The van der Waals surface area contributed by atoms with Crippen LogP contribution >= 0.6 is 0 Å². The number of fused-ring (bicyclic) bond motifs is 1. The smallest absolute Gasteiger partial charge is 0.0354 e. The molecule has 2 rings (SSSR count). The summed E-state index contributed by atoms with van der Waals surface area (Å²) in [5, 5.41) is 4.84. The first-order chi connectivity index (χ1) is 4.86. The molecule has 0 N–H and O–H groups in total. The van der Waals surface area contributed by atoms with Crippen molar-refractivity contribution in [1.82, 2.24) is 10.0 Å². The van der Waals surface area contributed by atoms with Crippen molar-refractivity contribution >= 4 is 0 Å². The molecular formula is C8H14N2. The Hall–Kier alpha value is -0.340. The SMILES string of the molecule is C=C1CN2CCCCN2C1.